The summed E-state index contributed by atoms with van der Waals surface area (Å²) in [5.41, 5.74) is 1.54. The molecule has 1 saturated heterocycles. The number of nitrogens with one attached hydrogen (secondary N) is 2. The number of nitrogens with zero attached hydrogens (tertiary/aromatic N) is 3. The summed E-state index contributed by atoms with van der Waals surface area (Å²) in [6.07, 6.45) is -4.39. The lowest BCUT2D eigenvalue weighted by Gasteiger charge is -2.35. The Hall–Kier alpha value is -2.13. The number of benzene rings is 1. The van der Waals surface area contributed by atoms with Gasteiger partial charge in [-0.2, -0.15) is 13.2 Å². The van der Waals surface area contributed by atoms with E-state index in [0.29, 0.717) is 32.0 Å². The van der Waals surface area contributed by atoms with Crippen LogP contribution in [0.15, 0.2) is 24.3 Å². The van der Waals surface area contributed by atoms with Gasteiger partial charge in [-0.3, -0.25) is 9.69 Å². The van der Waals surface area contributed by atoms with E-state index in [1.165, 1.54) is 4.90 Å². The molecule has 0 aliphatic carbocycles. The van der Waals surface area contributed by atoms with Crippen molar-refractivity contribution in [3.63, 3.8) is 0 Å². The maximum absolute atomic E-state index is 13.4. The number of hydrogen-bond acceptors (Lipinski definition) is 4. The largest absolute Gasteiger partial charge is 0.405 e. The number of fused-ring (bicyclic) bond motifs is 1. The van der Waals surface area contributed by atoms with Crippen molar-refractivity contribution in [2.45, 2.75) is 25.7 Å². The highest BCUT2D eigenvalue weighted by molar-refractivity contribution is 5.81. The number of halogens is 3. The molecule has 1 aromatic carbocycles. The zero-order chi connectivity index (χ0) is 18.7. The fraction of sp³-hybridized carbons (Fsp3) is 0.529. The minimum absolute atomic E-state index is 0.0571. The molecule has 1 aromatic heterocycles. The van der Waals surface area contributed by atoms with Crippen molar-refractivity contribution in [2.75, 3.05) is 32.7 Å². The summed E-state index contributed by atoms with van der Waals surface area (Å²) in [6, 6.07) is 5.68. The number of piperazine rings is 1. The smallest absolute Gasteiger partial charge is 0.353 e. The van der Waals surface area contributed by atoms with Gasteiger partial charge in [0.05, 0.1) is 11.0 Å². The second-order valence-electron chi connectivity index (χ2n) is 6.38. The van der Waals surface area contributed by atoms with E-state index in [0.717, 1.165) is 11.0 Å². The predicted octanol–water partition coefficient (Wildman–Crippen LogP) is 1.30. The molecule has 1 atom stereocenters. The molecule has 6 nitrogen and oxygen atoms in total. The number of aryl methyl sites for hydroxylation is 1. The summed E-state index contributed by atoms with van der Waals surface area (Å²) in [4.78, 5) is 18.0. The summed E-state index contributed by atoms with van der Waals surface area (Å²) in [5, 5.41) is 5.48. The minimum Gasteiger partial charge on any atom is -0.353 e. The number of carbonyl (C=O) groups excluding carboxylic acids is 1. The Balaban J connectivity index is 1.65. The molecule has 2 heterocycles. The second kappa shape index (κ2) is 7.63. The van der Waals surface area contributed by atoms with Gasteiger partial charge >= 0.3 is 6.18 Å². The fourth-order valence-electron chi connectivity index (χ4n) is 3.25. The normalized spacial score (nSPS) is 17.4. The Bertz CT molecular complexity index is 767. The molecule has 0 saturated carbocycles. The Labute approximate surface area is 149 Å². The summed E-state index contributed by atoms with van der Waals surface area (Å²) < 4.78 is 41.8. The highest BCUT2D eigenvalue weighted by Gasteiger charge is 2.43. The van der Waals surface area contributed by atoms with Crippen molar-refractivity contribution < 1.29 is 18.0 Å². The van der Waals surface area contributed by atoms with Crippen LogP contribution in [0.1, 0.15) is 5.82 Å². The minimum atomic E-state index is -4.39. The lowest BCUT2D eigenvalue weighted by Crippen LogP contribution is -2.57. The van der Waals surface area contributed by atoms with Gasteiger partial charge in [-0.1, -0.05) is 12.1 Å². The molecule has 1 unspecified atom stereocenters. The van der Waals surface area contributed by atoms with Gasteiger partial charge in [-0.25, -0.2) is 4.98 Å². The van der Waals surface area contributed by atoms with Crippen molar-refractivity contribution >= 4 is 16.9 Å². The molecule has 1 amide bonds. The van der Waals surface area contributed by atoms with Crippen LogP contribution in [0.2, 0.25) is 0 Å². The standard InChI is InChI=1S/C17H22F3N5O/c1-12-23-13-4-2-3-5-14(13)25(12)11-16(26)22-10-15(17(18,19)20)24-8-6-21-7-9-24/h2-5,15,21H,6-11H2,1H3,(H,22,26). The molecule has 3 rings (SSSR count). The van der Waals surface area contributed by atoms with Gasteiger partial charge in [-0.05, 0) is 19.1 Å². The fourth-order valence-corrected chi connectivity index (χ4v) is 3.25. The average Bonchev–Trinajstić information content (AvgIpc) is 2.90. The monoisotopic (exact) mass is 369 g/mol. The van der Waals surface area contributed by atoms with E-state index in [2.05, 4.69) is 15.6 Å². The molecular formula is C17H22F3N5O. The van der Waals surface area contributed by atoms with Crippen molar-refractivity contribution in [3.8, 4) is 0 Å². The van der Waals surface area contributed by atoms with Crippen LogP contribution in [-0.2, 0) is 11.3 Å². The number of hydrogen-bond donors (Lipinski definition) is 2. The van der Waals surface area contributed by atoms with Gasteiger partial charge in [-0.15, -0.1) is 0 Å². The zero-order valence-electron chi connectivity index (χ0n) is 14.5. The van der Waals surface area contributed by atoms with Crippen LogP contribution in [0.3, 0.4) is 0 Å². The molecule has 1 fully saturated rings. The van der Waals surface area contributed by atoms with Crippen molar-refractivity contribution in [3.05, 3.63) is 30.1 Å². The lowest BCUT2D eigenvalue weighted by molar-refractivity contribution is -0.184. The number of amides is 1. The molecule has 2 aromatic rings. The van der Waals surface area contributed by atoms with Crippen LogP contribution in [0.4, 0.5) is 13.2 Å². The van der Waals surface area contributed by atoms with E-state index in [9.17, 15) is 18.0 Å². The number of alkyl halides is 3. The van der Waals surface area contributed by atoms with Gasteiger partial charge < -0.3 is 15.2 Å². The number of rotatable bonds is 5. The van der Waals surface area contributed by atoms with E-state index in [1.54, 1.807) is 11.5 Å². The topological polar surface area (TPSA) is 62.2 Å². The van der Waals surface area contributed by atoms with Crippen LogP contribution < -0.4 is 10.6 Å². The number of aromatic nitrogens is 2. The first-order valence-electron chi connectivity index (χ1n) is 8.56. The van der Waals surface area contributed by atoms with E-state index in [-0.39, 0.29) is 6.54 Å². The zero-order valence-corrected chi connectivity index (χ0v) is 14.5. The van der Waals surface area contributed by atoms with Crippen molar-refractivity contribution in [2.24, 2.45) is 0 Å². The van der Waals surface area contributed by atoms with Crippen LogP contribution in [-0.4, -0.2) is 65.3 Å². The summed E-state index contributed by atoms with van der Waals surface area (Å²) in [7, 11) is 0. The Morgan fingerprint density at radius 2 is 2.00 bits per heavy atom. The summed E-state index contributed by atoms with van der Waals surface area (Å²) >= 11 is 0. The first kappa shape index (κ1) is 18.7. The first-order valence-corrected chi connectivity index (χ1v) is 8.56. The molecule has 1 aliphatic heterocycles. The van der Waals surface area contributed by atoms with E-state index >= 15 is 0 Å². The maximum atomic E-state index is 13.4. The highest BCUT2D eigenvalue weighted by atomic mass is 19.4. The molecule has 1 aliphatic rings. The predicted molar refractivity (Wildman–Crippen MR) is 91.8 cm³/mol. The average molecular weight is 369 g/mol. The van der Waals surface area contributed by atoms with Gasteiger partial charge in [0.15, 0.2) is 0 Å². The lowest BCUT2D eigenvalue weighted by atomic mass is 10.2. The Kier molecular flexibility index (Phi) is 5.47. The van der Waals surface area contributed by atoms with Gasteiger partial charge in [0.2, 0.25) is 5.91 Å². The molecule has 26 heavy (non-hydrogen) atoms. The SMILES string of the molecule is Cc1nc2ccccc2n1CC(=O)NCC(N1CCNCC1)C(F)(F)F. The third-order valence-corrected chi connectivity index (χ3v) is 4.61. The Morgan fingerprint density at radius 1 is 1.31 bits per heavy atom. The second-order valence-corrected chi connectivity index (χ2v) is 6.38. The van der Waals surface area contributed by atoms with Crippen molar-refractivity contribution in [1.29, 1.82) is 0 Å². The molecule has 9 heteroatoms. The van der Waals surface area contributed by atoms with Crippen LogP contribution in [0.25, 0.3) is 11.0 Å². The maximum Gasteiger partial charge on any atom is 0.405 e. The van der Waals surface area contributed by atoms with E-state index in [1.807, 2.05) is 24.3 Å². The van der Waals surface area contributed by atoms with E-state index < -0.39 is 24.7 Å². The van der Waals surface area contributed by atoms with Crippen LogP contribution >= 0.6 is 0 Å². The van der Waals surface area contributed by atoms with E-state index in [4.69, 9.17) is 0 Å². The number of carbonyl (C=O) groups is 1. The number of imidazole rings is 1. The highest BCUT2D eigenvalue weighted by Crippen LogP contribution is 2.24. The van der Waals surface area contributed by atoms with Gasteiger partial charge in [0.1, 0.15) is 18.4 Å². The molecule has 0 spiro atoms. The third kappa shape index (κ3) is 4.16. The molecular weight excluding hydrogens is 347 g/mol. The summed E-state index contributed by atoms with van der Waals surface area (Å²) in [6.45, 7) is 2.91. The van der Waals surface area contributed by atoms with Crippen LogP contribution in [0, 0.1) is 6.92 Å². The van der Waals surface area contributed by atoms with Gasteiger partial charge in [0, 0.05) is 32.7 Å². The number of para-hydroxylation sites is 2. The Morgan fingerprint density at radius 3 is 2.69 bits per heavy atom. The first-order chi connectivity index (χ1) is 12.4. The molecule has 142 valence electrons. The molecule has 2 N–H and O–H groups in total. The molecule has 0 radical (unpaired) electrons. The third-order valence-electron chi connectivity index (χ3n) is 4.61. The molecule has 0 bridgehead atoms. The summed E-state index contributed by atoms with van der Waals surface area (Å²) in [5.74, 6) is 0.191. The van der Waals surface area contributed by atoms with Crippen molar-refractivity contribution in [1.82, 2.24) is 25.1 Å². The quantitative estimate of drug-likeness (QED) is 0.834. The van der Waals surface area contributed by atoms with Gasteiger partial charge in [0.25, 0.3) is 0 Å². The van der Waals surface area contributed by atoms with Crippen LogP contribution in [0.5, 0.6) is 0 Å².